The maximum atomic E-state index is 12.0. The second-order valence-corrected chi connectivity index (χ2v) is 6.13. The molecule has 1 aromatic carbocycles. The normalized spacial score (nSPS) is 10.6. The number of aromatic nitrogens is 3. The number of hydrogen-bond acceptors (Lipinski definition) is 5. The van der Waals surface area contributed by atoms with Crippen molar-refractivity contribution in [2.45, 2.75) is 13.3 Å². The molecule has 3 aromatic rings. The number of nitrogens with one attached hydrogen (secondary N) is 1. The van der Waals surface area contributed by atoms with Crippen LogP contribution in [0, 0.1) is 0 Å². The number of nitrogens with zero attached hydrogens (tertiary/aromatic N) is 3. The predicted octanol–water partition coefficient (Wildman–Crippen LogP) is 2.93. The van der Waals surface area contributed by atoms with Gasteiger partial charge in [-0.1, -0.05) is 31.2 Å². The summed E-state index contributed by atoms with van der Waals surface area (Å²) in [6.07, 6.45) is 3.85. The first-order valence-electron chi connectivity index (χ1n) is 7.46. The van der Waals surface area contributed by atoms with Crippen LogP contribution in [-0.2, 0) is 18.3 Å². The highest BCUT2D eigenvalue weighted by atomic mass is 32.1. The molecule has 6 nitrogen and oxygen atoms in total. The number of ketones is 1. The van der Waals surface area contributed by atoms with E-state index in [2.05, 4.69) is 34.5 Å². The fourth-order valence-electron chi connectivity index (χ4n) is 2.20. The Bertz CT molecular complexity index is 880. The maximum absolute atomic E-state index is 12.0. The number of benzene rings is 1. The van der Waals surface area contributed by atoms with Crippen LogP contribution < -0.4 is 5.32 Å². The van der Waals surface area contributed by atoms with E-state index >= 15 is 0 Å². The van der Waals surface area contributed by atoms with Crippen LogP contribution in [0.1, 0.15) is 22.8 Å². The molecule has 0 unspecified atom stereocenters. The number of thiazole rings is 1. The van der Waals surface area contributed by atoms with Crippen molar-refractivity contribution in [3.8, 4) is 11.3 Å². The molecule has 0 saturated heterocycles. The summed E-state index contributed by atoms with van der Waals surface area (Å²) in [5.41, 5.74) is 3.25. The molecule has 0 atom stereocenters. The van der Waals surface area contributed by atoms with E-state index in [4.69, 9.17) is 0 Å². The third kappa shape index (κ3) is 3.41. The van der Waals surface area contributed by atoms with Crippen LogP contribution in [0.4, 0.5) is 5.13 Å². The molecule has 0 radical (unpaired) electrons. The molecule has 7 heteroatoms. The number of amides is 1. The Balaban J connectivity index is 1.71. The third-order valence-corrected chi connectivity index (χ3v) is 4.31. The van der Waals surface area contributed by atoms with Crippen molar-refractivity contribution in [2.75, 3.05) is 5.32 Å². The van der Waals surface area contributed by atoms with Crippen LogP contribution in [0.2, 0.25) is 0 Å². The monoisotopic (exact) mass is 340 g/mol. The molecule has 1 N–H and O–H groups in total. The zero-order chi connectivity index (χ0) is 17.1. The molecule has 3 rings (SSSR count). The van der Waals surface area contributed by atoms with Gasteiger partial charge in [0.15, 0.2) is 5.13 Å². The second-order valence-electron chi connectivity index (χ2n) is 5.27. The van der Waals surface area contributed by atoms with E-state index in [0.717, 1.165) is 17.7 Å². The van der Waals surface area contributed by atoms with Crippen molar-refractivity contribution in [1.82, 2.24) is 14.8 Å². The summed E-state index contributed by atoms with van der Waals surface area (Å²) in [6, 6.07) is 8.11. The molecule has 1 amide bonds. The largest absolute Gasteiger partial charge is 0.298 e. The number of rotatable bonds is 5. The van der Waals surface area contributed by atoms with E-state index in [0.29, 0.717) is 5.13 Å². The zero-order valence-electron chi connectivity index (χ0n) is 13.3. The Labute approximate surface area is 143 Å². The van der Waals surface area contributed by atoms with E-state index in [-0.39, 0.29) is 5.56 Å². The summed E-state index contributed by atoms with van der Waals surface area (Å²) < 4.78 is 1.47. The number of Topliss-reactive ketones (excluding diaryl/α,β-unsaturated/α-hetero) is 1. The van der Waals surface area contributed by atoms with E-state index in [1.807, 2.05) is 17.5 Å². The molecule has 0 aliphatic rings. The van der Waals surface area contributed by atoms with Crippen LogP contribution in [-0.4, -0.2) is 26.5 Å². The first-order chi connectivity index (χ1) is 11.6. The lowest BCUT2D eigenvalue weighted by molar-refractivity contribution is -0.112. The SMILES string of the molecule is CCc1ccc(-c2csc(NC(=O)C(=O)c3cnn(C)c3)n2)cc1. The molecule has 0 saturated carbocycles. The van der Waals surface area contributed by atoms with Gasteiger partial charge >= 0.3 is 0 Å². The minimum Gasteiger partial charge on any atom is -0.295 e. The summed E-state index contributed by atoms with van der Waals surface area (Å²) in [5, 5.41) is 8.68. The Morgan fingerprint density at radius 3 is 2.62 bits per heavy atom. The quantitative estimate of drug-likeness (QED) is 0.572. The Morgan fingerprint density at radius 2 is 2.00 bits per heavy atom. The van der Waals surface area contributed by atoms with Crippen molar-refractivity contribution < 1.29 is 9.59 Å². The summed E-state index contributed by atoms with van der Waals surface area (Å²) in [6.45, 7) is 2.10. The van der Waals surface area contributed by atoms with Gasteiger partial charge in [0.2, 0.25) is 0 Å². The lowest BCUT2D eigenvalue weighted by atomic mass is 10.1. The van der Waals surface area contributed by atoms with Gasteiger partial charge in [0.1, 0.15) is 0 Å². The fraction of sp³-hybridized carbons (Fsp3) is 0.176. The van der Waals surface area contributed by atoms with Crippen molar-refractivity contribution in [3.05, 3.63) is 53.2 Å². The lowest BCUT2D eigenvalue weighted by Gasteiger charge is -2.00. The predicted molar refractivity (Wildman–Crippen MR) is 93.1 cm³/mol. The molecule has 0 aliphatic carbocycles. The summed E-state index contributed by atoms with van der Waals surface area (Å²) in [7, 11) is 1.69. The summed E-state index contributed by atoms with van der Waals surface area (Å²) in [5.74, 6) is -1.35. The number of anilines is 1. The minimum atomic E-state index is -0.717. The van der Waals surface area contributed by atoms with Crippen molar-refractivity contribution >= 4 is 28.2 Å². The van der Waals surface area contributed by atoms with Gasteiger partial charge in [-0.2, -0.15) is 5.10 Å². The average Bonchev–Trinajstić information content (AvgIpc) is 3.23. The Hall–Kier alpha value is -2.80. The van der Waals surface area contributed by atoms with E-state index in [1.54, 1.807) is 7.05 Å². The maximum Gasteiger partial charge on any atom is 0.298 e. The molecular formula is C17H16N4O2S. The van der Waals surface area contributed by atoms with Crippen LogP contribution in [0.3, 0.4) is 0 Å². The van der Waals surface area contributed by atoms with Gasteiger partial charge in [-0.05, 0) is 12.0 Å². The average molecular weight is 340 g/mol. The minimum absolute atomic E-state index is 0.252. The smallest absolute Gasteiger partial charge is 0.295 e. The number of carbonyl (C=O) groups excluding carboxylic acids is 2. The van der Waals surface area contributed by atoms with Crippen LogP contribution in [0.15, 0.2) is 42.0 Å². The topological polar surface area (TPSA) is 76.9 Å². The Kier molecular flexibility index (Phi) is 4.52. The zero-order valence-corrected chi connectivity index (χ0v) is 14.1. The van der Waals surface area contributed by atoms with E-state index in [9.17, 15) is 9.59 Å². The highest BCUT2D eigenvalue weighted by Gasteiger charge is 2.19. The third-order valence-electron chi connectivity index (χ3n) is 3.56. The summed E-state index contributed by atoms with van der Waals surface area (Å²) in [4.78, 5) is 28.4. The Morgan fingerprint density at radius 1 is 1.25 bits per heavy atom. The number of aryl methyl sites for hydroxylation is 2. The molecule has 122 valence electrons. The number of hydrogen-bond donors (Lipinski definition) is 1. The molecule has 0 fully saturated rings. The van der Waals surface area contributed by atoms with Gasteiger partial charge in [0.05, 0.1) is 17.5 Å². The van der Waals surface area contributed by atoms with Crippen molar-refractivity contribution in [3.63, 3.8) is 0 Å². The van der Waals surface area contributed by atoms with Crippen molar-refractivity contribution in [1.29, 1.82) is 0 Å². The standard InChI is InChI=1S/C17H16N4O2S/c1-3-11-4-6-12(7-5-11)14-10-24-17(19-14)20-16(23)15(22)13-8-18-21(2)9-13/h4-10H,3H2,1-2H3,(H,19,20,23). The molecule has 2 aromatic heterocycles. The molecule has 0 bridgehead atoms. The molecule has 24 heavy (non-hydrogen) atoms. The molecule has 0 spiro atoms. The first kappa shape index (κ1) is 16.1. The summed E-state index contributed by atoms with van der Waals surface area (Å²) >= 11 is 1.28. The van der Waals surface area contributed by atoms with Gasteiger partial charge in [0, 0.05) is 24.2 Å². The fourth-order valence-corrected chi connectivity index (χ4v) is 2.91. The van der Waals surface area contributed by atoms with Crippen molar-refractivity contribution in [2.24, 2.45) is 7.05 Å². The van der Waals surface area contributed by atoms with Crippen LogP contribution in [0.5, 0.6) is 0 Å². The van der Waals surface area contributed by atoms with Gasteiger partial charge in [-0.25, -0.2) is 4.98 Å². The molecule has 0 aliphatic heterocycles. The van der Waals surface area contributed by atoms with Crippen LogP contribution in [0.25, 0.3) is 11.3 Å². The highest BCUT2D eigenvalue weighted by molar-refractivity contribution is 7.14. The number of carbonyl (C=O) groups is 2. The van der Waals surface area contributed by atoms with Gasteiger partial charge in [-0.3, -0.25) is 19.6 Å². The van der Waals surface area contributed by atoms with E-state index in [1.165, 1.54) is 34.0 Å². The van der Waals surface area contributed by atoms with Gasteiger partial charge in [0.25, 0.3) is 11.7 Å². The van der Waals surface area contributed by atoms with Gasteiger partial charge in [-0.15, -0.1) is 11.3 Å². The van der Waals surface area contributed by atoms with Gasteiger partial charge < -0.3 is 0 Å². The molecular weight excluding hydrogens is 324 g/mol. The second kappa shape index (κ2) is 6.76. The lowest BCUT2D eigenvalue weighted by Crippen LogP contribution is -2.22. The van der Waals surface area contributed by atoms with Crippen LogP contribution >= 0.6 is 11.3 Å². The van der Waals surface area contributed by atoms with E-state index < -0.39 is 11.7 Å². The molecule has 2 heterocycles. The highest BCUT2D eigenvalue weighted by Crippen LogP contribution is 2.25. The first-order valence-corrected chi connectivity index (χ1v) is 8.34.